The molecule has 0 aromatic carbocycles. The third-order valence-corrected chi connectivity index (χ3v) is 6.12. The first-order valence-corrected chi connectivity index (χ1v) is 9.43. The third-order valence-electron chi connectivity index (χ3n) is 5.24. The smallest absolute Gasteiger partial charge is 0.239 e. The summed E-state index contributed by atoms with van der Waals surface area (Å²) in [5.74, 6) is 0.198. The van der Waals surface area contributed by atoms with Gasteiger partial charge in [-0.15, -0.1) is 11.3 Å². The molecule has 3 rings (SSSR count). The molecule has 132 valence electrons. The lowest BCUT2D eigenvalue weighted by molar-refractivity contribution is -0.125. The monoisotopic (exact) mass is 350 g/mol. The van der Waals surface area contributed by atoms with Crippen molar-refractivity contribution in [3.63, 3.8) is 0 Å². The zero-order valence-corrected chi connectivity index (χ0v) is 15.1. The van der Waals surface area contributed by atoms with Crippen molar-refractivity contribution >= 4 is 23.2 Å². The van der Waals surface area contributed by atoms with E-state index < -0.39 is 0 Å². The summed E-state index contributed by atoms with van der Waals surface area (Å²) in [4.78, 5) is 30.0. The van der Waals surface area contributed by atoms with Crippen LogP contribution in [0.2, 0.25) is 0 Å². The predicted octanol–water partition coefficient (Wildman–Crippen LogP) is 0.647. The molecule has 1 aromatic heterocycles. The number of hydrogen-bond acceptors (Lipinski definition) is 5. The summed E-state index contributed by atoms with van der Waals surface area (Å²) < 4.78 is 0. The topological polar surface area (TPSA) is 64.7 Å². The lowest BCUT2D eigenvalue weighted by Gasteiger charge is -2.32. The highest BCUT2D eigenvalue weighted by Crippen LogP contribution is 2.25. The van der Waals surface area contributed by atoms with Crippen LogP contribution in [0.4, 0.5) is 0 Å². The molecule has 3 heterocycles. The molecule has 0 bridgehead atoms. The highest BCUT2D eigenvalue weighted by molar-refractivity contribution is 7.09. The molecule has 1 aromatic rings. The molecular formula is C17H26N4O2S. The Labute approximate surface area is 147 Å². The number of hydrogen-bond donors (Lipinski definition) is 2. The van der Waals surface area contributed by atoms with Crippen LogP contribution in [0.3, 0.4) is 0 Å². The van der Waals surface area contributed by atoms with Gasteiger partial charge in [-0.05, 0) is 38.4 Å². The minimum absolute atomic E-state index is 0.0624. The van der Waals surface area contributed by atoms with E-state index in [1.807, 2.05) is 24.6 Å². The van der Waals surface area contributed by atoms with Gasteiger partial charge in [-0.1, -0.05) is 6.07 Å². The average molecular weight is 350 g/mol. The van der Waals surface area contributed by atoms with Crippen LogP contribution < -0.4 is 10.6 Å². The quantitative estimate of drug-likeness (QED) is 0.818. The van der Waals surface area contributed by atoms with Gasteiger partial charge in [0, 0.05) is 36.5 Å². The molecule has 6 nitrogen and oxygen atoms in total. The number of rotatable bonds is 5. The number of carbonyl (C=O) groups is 2. The van der Waals surface area contributed by atoms with Gasteiger partial charge >= 0.3 is 0 Å². The van der Waals surface area contributed by atoms with Crippen LogP contribution in [0.15, 0.2) is 17.5 Å². The molecule has 0 saturated carbocycles. The van der Waals surface area contributed by atoms with Gasteiger partial charge in [0.05, 0.1) is 6.54 Å². The number of nitrogens with zero attached hydrogens (tertiary/aromatic N) is 2. The van der Waals surface area contributed by atoms with E-state index in [0.717, 1.165) is 19.4 Å². The van der Waals surface area contributed by atoms with Crippen LogP contribution in [-0.4, -0.2) is 66.9 Å². The van der Waals surface area contributed by atoms with Gasteiger partial charge in [0.25, 0.3) is 0 Å². The largest absolute Gasteiger partial charge is 0.353 e. The summed E-state index contributed by atoms with van der Waals surface area (Å²) in [6.45, 7) is 2.17. The van der Waals surface area contributed by atoms with Gasteiger partial charge in [0.15, 0.2) is 0 Å². The normalized spacial score (nSPS) is 28.2. The van der Waals surface area contributed by atoms with E-state index in [-0.39, 0.29) is 29.9 Å². The second-order valence-electron chi connectivity index (χ2n) is 6.74. The van der Waals surface area contributed by atoms with Gasteiger partial charge < -0.3 is 10.6 Å². The maximum atomic E-state index is 12.3. The average Bonchev–Trinajstić information content (AvgIpc) is 3.19. The first-order valence-electron chi connectivity index (χ1n) is 8.55. The molecule has 2 saturated heterocycles. The van der Waals surface area contributed by atoms with Crippen molar-refractivity contribution in [3.05, 3.63) is 22.4 Å². The summed E-state index contributed by atoms with van der Waals surface area (Å²) in [5, 5.41) is 8.04. The summed E-state index contributed by atoms with van der Waals surface area (Å²) >= 11 is 1.65. The van der Waals surface area contributed by atoms with E-state index in [0.29, 0.717) is 19.5 Å². The molecule has 0 unspecified atom stereocenters. The maximum absolute atomic E-state index is 12.3. The van der Waals surface area contributed by atoms with Gasteiger partial charge in [-0.25, -0.2) is 0 Å². The standard InChI is InChI=1S/C17H26N4O2S/c1-20-8-7-14-16(20)17(23)19-10-12(21(14)2)5-6-15(22)18-11-13-4-3-9-24-13/h3-4,9,12,14,16H,5-8,10-11H2,1-2H3,(H,18,22)(H,19,23)/t12-,14-,16-/m0/s1. The molecule has 0 radical (unpaired) electrons. The third kappa shape index (κ3) is 3.79. The van der Waals surface area contributed by atoms with Gasteiger partial charge in [0.1, 0.15) is 6.04 Å². The van der Waals surface area contributed by atoms with Crippen molar-refractivity contribution in [1.29, 1.82) is 0 Å². The lowest BCUT2D eigenvalue weighted by atomic mass is 10.0. The number of likely N-dealkylation sites (tertiary alicyclic amines) is 1. The van der Waals surface area contributed by atoms with E-state index in [1.165, 1.54) is 4.88 Å². The highest BCUT2D eigenvalue weighted by Gasteiger charge is 2.43. The molecule has 2 aliphatic rings. The van der Waals surface area contributed by atoms with Crippen molar-refractivity contribution in [2.75, 3.05) is 27.2 Å². The van der Waals surface area contributed by atoms with Crippen LogP contribution >= 0.6 is 11.3 Å². The van der Waals surface area contributed by atoms with Gasteiger partial charge in [0.2, 0.25) is 11.8 Å². The number of nitrogens with one attached hydrogen (secondary N) is 2. The predicted molar refractivity (Wildman–Crippen MR) is 94.8 cm³/mol. The van der Waals surface area contributed by atoms with E-state index in [9.17, 15) is 9.59 Å². The van der Waals surface area contributed by atoms with Gasteiger partial charge in [-0.3, -0.25) is 19.4 Å². The van der Waals surface area contributed by atoms with E-state index >= 15 is 0 Å². The number of fused-ring (bicyclic) bond motifs is 1. The Balaban J connectivity index is 1.51. The Morgan fingerprint density at radius 2 is 2.29 bits per heavy atom. The summed E-state index contributed by atoms with van der Waals surface area (Å²) in [6.07, 6.45) is 2.26. The molecule has 2 aliphatic heterocycles. The molecule has 2 amide bonds. The van der Waals surface area contributed by atoms with Gasteiger partial charge in [-0.2, -0.15) is 0 Å². The first kappa shape index (κ1) is 17.4. The fourth-order valence-corrected chi connectivity index (χ4v) is 4.40. The number of likely N-dealkylation sites (N-methyl/N-ethyl adjacent to an activating group) is 2. The van der Waals surface area contributed by atoms with Crippen molar-refractivity contribution in [2.45, 2.75) is 43.9 Å². The van der Waals surface area contributed by atoms with Crippen LogP contribution in [0, 0.1) is 0 Å². The van der Waals surface area contributed by atoms with E-state index in [2.05, 4.69) is 27.5 Å². The molecule has 2 fully saturated rings. The minimum atomic E-state index is -0.0624. The van der Waals surface area contributed by atoms with Crippen molar-refractivity contribution < 1.29 is 9.59 Å². The lowest BCUT2D eigenvalue weighted by Crippen LogP contribution is -2.48. The summed E-state index contributed by atoms with van der Waals surface area (Å²) in [5.41, 5.74) is 0. The molecule has 2 N–H and O–H groups in total. The van der Waals surface area contributed by atoms with Crippen LogP contribution in [0.25, 0.3) is 0 Å². The zero-order chi connectivity index (χ0) is 17.1. The summed E-state index contributed by atoms with van der Waals surface area (Å²) in [7, 11) is 4.10. The second-order valence-corrected chi connectivity index (χ2v) is 7.77. The molecule has 24 heavy (non-hydrogen) atoms. The Bertz CT molecular complexity index is 577. The van der Waals surface area contributed by atoms with Crippen molar-refractivity contribution in [2.24, 2.45) is 0 Å². The van der Waals surface area contributed by atoms with Crippen LogP contribution in [0.1, 0.15) is 24.1 Å². The fourth-order valence-electron chi connectivity index (χ4n) is 3.76. The Morgan fingerprint density at radius 3 is 3.04 bits per heavy atom. The van der Waals surface area contributed by atoms with Crippen LogP contribution in [-0.2, 0) is 16.1 Å². The SMILES string of the molecule is CN1CC[C@H]2[C@H]1C(=O)NC[C@H](CCC(=O)NCc1cccs1)N2C. The summed E-state index contributed by atoms with van der Waals surface area (Å²) in [6, 6.07) is 4.41. The molecule has 0 aliphatic carbocycles. The maximum Gasteiger partial charge on any atom is 0.239 e. The highest BCUT2D eigenvalue weighted by atomic mass is 32.1. The first-order chi connectivity index (χ1) is 11.6. The fraction of sp³-hybridized carbons (Fsp3) is 0.647. The molecule has 0 spiro atoms. The number of amides is 2. The van der Waals surface area contributed by atoms with Crippen molar-refractivity contribution in [1.82, 2.24) is 20.4 Å². The molecule has 7 heteroatoms. The second kappa shape index (κ2) is 7.63. The zero-order valence-electron chi connectivity index (χ0n) is 14.3. The van der Waals surface area contributed by atoms with Crippen LogP contribution in [0.5, 0.6) is 0 Å². The number of carbonyl (C=O) groups excluding carboxylic acids is 2. The van der Waals surface area contributed by atoms with Crippen molar-refractivity contribution in [3.8, 4) is 0 Å². The molecule has 3 atom stereocenters. The van der Waals surface area contributed by atoms with E-state index in [1.54, 1.807) is 11.3 Å². The Kier molecular flexibility index (Phi) is 5.53. The Morgan fingerprint density at radius 1 is 1.46 bits per heavy atom. The minimum Gasteiger partial charge on any atom is -0.353 e. The Hall–Kier alpha value is -1.44. The molecular weight excluding hydrogens is 324 g/mol. The number of thiophene rings is 1. The van der Waals surface area contributed by atoms with E-state index in [4.69, 9.17) is 0 Å².